The Hall–Kier alpha value is -1.02. The largest absolute Gasteiger partial charge is 0.539 e. The van der Waals surface area contributed by atoms with Crippen molar-refractivity contribution < 1.29 is 4.43 Å². The second kappa shape index (κ2) is 4.28. The monoisotopic (exact) mass is 188 g/mol. The van der Waals surface area contributed by atoms with Gasteiger partial charge in [-0.2, -0.15) is 0 Å². The van der Waals surface area contributed by atoms with Gasteiger partial charge in [0.05, 0.1) is 5.76 Å². The summed E-state index contributed by atoms with van der Waals surface area (Å²) < 4.78 is 5.68. The fourth-order valence-corrected chi connectivity index (χ4v) is 2.13. The van der Waals surface area contributed by atoms with E-state index in [2.05, 4.69) is 30.3 Å². The van der Waals surface area contributed by atoms with Gasteiger partial charge in [-0.1, -0.05) is 30.3 Å². The molecule has 0 aromatic heterocycles. The Morgan fingerprint density at radius 1 is 1.15 bits per heavy atom. The van der Waals surface area contributed by atoms with Gasteiger partial charge in [-0.15, -0.1) is 0 Å². The van der Waals surface area contributed by atoms with Gasteiger partial charge in [0.15, 0.2) is 0 Å². The third-order valence-corrected chi connectivity index (χ3v) is 3.01. The lowest BCUT2D eigenvalue weighted by Gasteiger charge is -2.04. The number of rotatable bonds is 3. The van der Waals surface area contributed by atoms with Gasteiger partial charge in [0.1, 0.15) is 0 Å². The zero-order valence-electron chi connectivity index (χ0n) is 7.49. The predicted octanol–water partition coefficient (Wildman–Crippen LogP) is 2.02. The van der Waals surface area contributed by atoms with Crippen LogP contribution in [0, 0.1) is 0 Å². The van der Waals surface area contributed by atoms with Gasteiger partial charge >= 0.3 is 9.76 Å². The molecule has 0 fully saturated rings. The van der Waals surface area contributed by atoms with Crippen molar-refractivity contribution in [3.63, 3.8) is 0 Å². The fourth-order valence-electron chi connectivity index (χ4n) is 1.36. The molecule has 0 saturated heterocycles. The standard InChI is InChI=1S/C11H12OSi/c1-2-8-11(9-3-1)13-12-10-6-4-5-7-10/h1-3,6,8-9H,4-5,7H2. The smallest absolute Gasteiger partial charge is 0.350 e. The van der Waals surface area contributed by atoms with Crippen LogP contribution in [0.4, 0.5) is 0 Å². The zero-order chi connectivity index (χ0) is 8.93. The molecule has 0 bridgehead atoms. The lowest BCUT2D eigenvalue weighted by molar-refractivity contribution is 0.444. The summed E-state index contributed by atoms with van der Waals surface area (Å²) in [7, 11) is 0.470. The van der Waals surface area contributed by atoms with E-state index in [1.165, 1.54) is 23.8 Å². The molecule has 2 heteroatoms. The van der Waals surface area contributed by atoms with Gasteiger partial charge in [-0.25, -0.2) is 0 Å². The minimum Gasteiger partial charge on any atom is -0.539 e. The van der Waals surface area contributed by atoms with Crippen LogP contribution in [0.5, 0.6) is 0 Å². The molecule has 0 amide bonds. The average Bonchev–Trinajstić information content (AvgIpc) is 2.69. The molecule has 2 rings (SSSR count). The molecule has 1 aliphatic carbocycles. The zero-order valence-corrected chi connectivity index (χ0v) is 8.49. The third kappa shape index (κ3) is 2.46. The minimum atomic E-state index is 0.470. The summed E-state index contributed by atoms with van der Waals surface area (Å²) in [5.41, 5.74) is 0. The average molecular weight is 188 g/mol. The first-order valence-electron chi connectivity index (χ1n) is 4.62. The Labute approximate surface area is 81.4 Å². The lowest BCUT2D eigenvalue weighted by atomic mass is 10.4. The minimum absolute atomic E-state index is 0.470. The Balaban J connectivity index is 1.86. The molecule has 0 atom stereocenters. The quantitative estimate of drug-likeness (QED) is 0.659. The van der Waals surface area contributed by atoms with Gasteiger partial charge in [0, 0.05) is 6.42 Å². The van der Waals surface area contributed by atoms with Crippen LogP contribution in [0.2, 0.25) is 0 Å². The van der Waals surface area contributed by atoms with E-state index in [0.717, 1.165) is 6.42 Å². The normalized spacial score (nSPS) is 15.5. The maximum atomic E-state index is 5.68. The van der Waals surface area contributed by atoms with Gasteiger partial charge in [0.2, 0.25) is 0 Å². The molecule has 66 valence electrons. The van der Waals surface area contributed by atoms with Crippen LogP contribution in [0.25, 0.3) is 0 Å². The molecule has 0 N–H and O–H groups in total. The van der Waals surface area contributed by atoms with E-state index in [1.54, 1.807) is 0 Å². The van der Waals surface area contributed by atoms with Crippen LogP contribution in [-0.4, -0.2) is 9.76 Å². The van der Waals surface area contributed by atoms with Gasteiger partial charge in [0.25, 0.3) is 0 Å². The summed E-state index contributed by atoms with van der Waals surface area (Å²) >= 11 is 0. The van der Waals surface area contributed by atoms with E-state index >= 15 is 0 Å². The maximum absolute atomic E-state index is 5.68. The molecule has 0 heterocycles. The molecule has 1 aromatic carbocycles. The first-order chi connectivity index (χ1) is 6.45. The second-order valence-electron chi connectivity index (χ2n) is 3.13. The molecule has 2 radical (unpaired) electrons. The molecule has 0 aliphatic heterocycles. The first kappa shape index (κ1) is 8.57. The van der Waals surface area contributed by atoms with Crippen LogP contribution in [0.15, 0.2) is 42.2 Å². The Bertz CT molecular complexity index is 292. The highest BCUT2D eigenvalue weighted by Gasteiger charge is 2.06. The summed E-state index contributed by atoms with van der Waals surface area (Å²) in [5, 5.41) is 1.27. The van der Waals surface area contributed by atoms with Crippen molar-refractivity contribution in [3.8, 4) is 0 Å². The van der Waals surface area contributed by atoms with Gasteiger partial charge in [-0.05, 0) is 24.1 Å². The summed E-state index contributed by atoms with van der Waals surface area (Å²) in [6, 6.07) is 10.3. The predicted molar refractivity (Wildman–Crippen MR) is 54.8 cm³/mol. The van der Waals surface area contributed by atoms with E-state index < -0.39 is 0 Å². The lowest BCUT2D eigenvalue weighted by Crippen LogP contribution is -2.16. The highest BCUT2D eigenvalue weighted by atomic mass is 28.2. The molecule has 1 aromatic rings. The molecule has 1 aliphatic rings. The summed E-state index contributed by atoms with van der Waals surface area (Å²) in [6.45, 7) is 0. The highest BCUT2D eigenvalue weighted by molar-refractivity contribution is 6.47. The van der Waals surface area contributed by atoms with E-state index in [4.69, 9.17) is 4.43 Å². The Morgan fingerprint density at radius 3 is 2.69 bits per heavy atom. The second-order valence-corrected chi connectivity index (χ2v) is 4.12. The molecule has 1 nitrogen and oxygen atoms in total. The number of benzene rings is 1. The Kier molecular flexibility index (Phi) is 2.82. The van der Waals surface area contributed by atoms with E-state index in [1.807, 2.05) is 6.07 Å². The van der Waals surface area contributed by atoms with Crippen LogP contribution in [0.1, 0.15) is 19.3 Å². The van der Waals surface area contributed by atoms with Crippen molar-refractivity contribution in [1.29, 1.82) is 0 Å². The van der Waals surface area contributed by atoms with E-state index in [-0.39, 0.29) is 0 Å². The van der Waals surface area contributed by atoms with Crippen LogP contribution in [0.3, 0.4) is 0 Å². The van der Waals surface area contributed by atoms with Crippen molar-refractivity contribution in [3.05, 3.63) is 42.2 Å². The molecule has 0 unspecified atom stereocenters. The maximum Gasteiger partial charge on any atom is 0.350 e. The number of hydrogen-bond acceptors (Lipinski definition) is 1. The first-order valence-corrected chi connectivity index (χ1v) is 5.53. The molecular weight excluding hydrogens is 176 g/mol. The van der Waals surface area contributed by atoms with Crippen molar-refractivity contribution in [2.24, 2.45) is 0 Å². The summed E-state index contributed by atoms with van der Waals surface area (Å²) in [5.74, 6) is 1.18. The van der Waals surface area contributed by atoms with E-state index in [9.17, 15) is 0 Å². The topological polar surface area (TPSA) is 9.23 Å². The van der Waals surface area contributed by atoms with Crippen LogP contribution in [-0.2, 0) is 4.43 Å². The van der Waals surface area contributed by atoms with Gasteiger partial charge in [-0.3, -0.25) is 0 Å². The highest BCUT2D eigenvalue weighted by Crippen LogP contribution is 2.17. The van der Waals surface area contributed by atoms with Gasteiger partial charge < -0.3 is 4.43 Å². The third-order valence-electron chi connectivity index (χ3n) is 2.07. The fraction of sp³-hybridized carbons (Fsp3) is 0.273. The number of allylic oxidation sites excluding steroid dienone is 2. The summed E-state index contributed by atoms with van der Waals surface area (Å²) in [4.78, 5) is 0. The molecular formula is C11H12OSi. The van der Waals surface area contributed by atoms with Crippen molar-refractivity contribution in [2.75, 3.05) is 0 Å². The number of hydrogen-bond donors (Lipinski definition) is 0. The SMILES string of the molecule is C1=C(O[Si]c2ccccc2)CCC1. The Morgan fingerprint density at radius 2 is 2.00 bits per heavy atom. The van der Waals surface area contributed by atoms with Crippen molar-refractivity contribution in [2.45, 2.75) is 19.3 Å². The van der Waals surface area contributed by atoms with Crippen molar-refractivity contribution >= 4 is 14.9 Å². The van der Waals surface area contributed by atoms with Crippen LogP contribution < -0.4 is 5.19 Å². The molecule has 0 saturated carbocycles. The van der Waals surface area contributed by atoms with E-state index in [0.29, 0.717) is 9.76 Å². The molecule has 13 heavy (non-hydrogen) atoms. The summed E-state index contributed by atoms with van der Waals surface area (Å²) in [6.07, 6.45) is 5.78. The molecule has 0 spiro atoms. The van der Waals surface area contributed by atoms with Crippen molar-refractivity contribution in [1.82, 2.24) is 0 Å². The van der Waals surface area contributed by atoms with Crippen LogP contribution >= 0.6 is 0 Å².